The summed E-state index contributed by atoms with van der Waals surface area (Å²) in [6.45, 7) is 4.24. The van der Waals surface area contributed by atoms with E-state index < -0.39 is 29.8 Å². The minimum atomic E-state index is -4.64. The molecule has 0 bridgehead atoms. The fourth-order valence-electron chi connectivity index (χ4n) is 4.43. The molecule has 3 unspecified atom stereocenters. The Morgan fingerprint density at radius 2 is 1.78 bits per heavy atom. The SMILES string of the molecule is CC1CN(c2ccnc(-c3cnc4cnc(C(F)(F)F)cn34)n2)C(C)C(C2=CCC(C(F)(F)F)=N2)N1. The van der Waals surface area contributed by atoms with Crippen molar-refractivity contribution in [1.29, 1.82) is 0 Å². The number of imidazole rings is 1. The molecule has 3 atom stereocenters. The van der Waals surface area contributed by atoms with Crippen LogP contribution < -0.4 is 10.2 Å². The van der Waals surface area contributed by atoms with E-state index in [9.17, 15) is 26.3 Å². The van der Waals surface area contributed by atoms with Gasteiger partial charge in [0, 0.05) is 37.4 Å². The van der Waals surface area contributed by atoms with Crippen LogP contribution >= 0.6 is 0 Å². The Kier molecular flexibility index (Phi) is 5.73. The molecule has 14 heteroatoms. The van der Waals surface area contributed by atoms with E-state index in [1.807, 2.05) is 18.7 Å². The number of halogens is 6. The second-order valence-electron chi connectivity index (χ2n) is 8.71. The molecule has 3 aromatic heterocycles. The molecule has 2 aliphatic rings. The molecule has 8 nitrogen and oxygen atoms in total. The molecule has 0 radical (unpaired) electrons. The van der Waals surface area contributed by atoms with Gasteiger partial charge in [-0.2, -0.15) is 26.3 Å². The van der Waals surface area contributed by atoms with E-state index in [0.717, 1.165) is 12.4 Å². The van der Waals surface area contributed by atoms with Gasteiger partial charge in [0.25, 0.3) is 0 Å². The normalized spacial score (nSPS) is 23.2. The number of nitrogens with zero attached hydrogens (tertiary/aromatic N) is 7. The fraction of sp³-hybridized carbons (Fsp3) is 0.409. The summed E-state index contributed by atoms with van der Waals surface area (Å²) in [5.74, 6) is 0.622. The number of allylic oxidation sites excluding steroid dienone is 1. The zero-order valence-electron chi connectivity index (χ0n) is 19.0. The smallest absolute Gasteiger partial charge is 0.350 e. The van der Waals surface area contributed by atoms with Gasteiger partial charge < -0.3 is 10.2 Å². The van der Waals surface area contributed by atoms with Crippen molar-refractivity contribution in [2.75, 3.05) is 11.4 Å². The molecule has 3 aromatic rings. The van der Waals surface area contributed by atoms with Crippen LogP contribution in [-0.4, -0.2) is 60.9 Å². The predicted molar refractivity (Wildman–Crippen MR) is 118 cm³/mol. The fourth-order valence-corrected chi connectivity index (χ4v) is 4.43. The molecular weight excluding hydrogens is 490 g/mol. The molecular formula is C22H20F6N8. The van der Waals surface area contributed by atoms with Crippen LogP contribution in [0.4, 0.5) is 32.2 Å². The minimum absolute atomic E-state index is 0.105. The molecule has 5 rings (SSSR count). The van der Waals surface area contributed by atoms with Crippen LogP contribution in [0.3, 0.4) is 0 Å². The van der Waals surface area contributed by atoms with Crippen molar-refractivity contribution < 1.29 is 26.3 Å². The average Bonchev–Trinajstić information content (AvgIpc) is 3.47. The van der Waals surface area contributed by atoms with Gasteiger partial charge in [0.05, 0.1) is 24.1 Å². The lowest BCUT2D eigenvalue weighted by atomic mass is 9.99. The van der Waals surface area contributed by atoms with Gasteiger partial charge in [-0.05, 0) is 19.9 Å². The molecule has 0 spiro atoms. The molecule has 0 saturated carbocycles. The number of anilines is 1. The van der Waals surface area contributed by atoms with Crippen LogP contribution in [-0.2, 0) is 6.18 Å². The highest BCUT2D eigenvalue weighted by Gasteiger charge is 2.41. The number of piperazine rings is 1. The molecule has 1 fully saturated rings. The minimum Gasteiger partial charge on any atom is -0.350 e. The predicted octanol–water partition coefficient (Wildman–Crippen LogP) is 4.05. The first-order chi connectivity index (χ1) is 16.9. The third-order valence-electron chi connectivity index (χ3n) is 6.17. The highest BCUT2D eigenvalue weighted by atomic mass is 19.4. The van der Waals surface area contributed by atoms with Crippen LogP contribution in [0.5, 0.6) is 0 Å². The van der Waals surface area contributed by atoms with Crippen LogP contribution in [0, 0.1) is 0 Å². The summed E-state index contributed by atoms with van der Waals surface area (Å²) < 4.78 is 80.1. The standard InChI is InChI=1S/C22H20F6N8/c1-11-9-35(12(2)19(32-11)13-3-4-15(33-13)21(23,24)25)17-5-6-29-20(34-17)14-7-31-18-8-30-16(10-36(14)18)22(26,27)28/h3,5-8,10-12,19,32H,4,9H2,1-2H3. The lowest BCUT2D eigenvalue weighted by Crippen LogP contribution is -2.61. The van der Waals surface area contributed by atoms with Crippen LogP contribution in [0.25, 0.3) is 17.2 Å². The Morgan fingerprint density at radius 1 is 1.00 bits per heavy atom. The molecule has 0 amide bonds. The number of alkyl halides is 6. The lowest BCUT2D eigenvalue weighted by Gasteiger charge is -2.44. The largest absolute Gasteiger partial charge is 0.434 e. The molecule has 1 saturated heterocycles. The molecule has 2 aliphatic heterocycles. The summed E-state index contributed by atoms with van der Waals surface area (Å²) in [5.41, 5.74) is -1.16. The van der Waals surface area contributed by atoms with Gasteiger partial charge in [-0.1, -0.05) is 6.08 Å². The number of aliphatic imine (C=N–C) groups is 1. The summed E-state index contributed by atoms with van der Waals surface area (Å²) in [4.78, 5) is 22.1. The van der Waals surface area contributed by atoms with Crippen molar-refractivity contribution in [3.05, 3.63) is 48.3 Å². The Bertz CT molecular complexity index is 1360. The third kappa shape index (κ3) is 4.40. The van der Waals surface area contributed by atoms with E-state index in [1.165, 1.54) is 22.9 Å². The van der Waals surface area contributed by atoms with Crippen molar-refractivity contribution in [2.45, 2.75) is 50.7 Å². The molecule has 190 valence electrons. The Balaban J connectivity index is 1.47. The summed E-state index contributed by atoms with van der Waals surface area (Å²) in [6.07, 6.45) is -3.23. The van der Waals surface area contributed by atoms with Gasteiger partial charge in [0.1, 0.15) is 17.2 Å². The van der Waals surface area contributed by atoms with Crippen molar-refractivity contribution in [2.24, 2.45) is 4.99 Å². The summed E-state index contributed by atoms with van der Waals surface area (Å²) in [6, 6.07) is 0.735. The number of aromatic nitrogens is 5. The lowest BCUT2D eigenvalue weighted by molar-refractivity contribution is -0.141. The first-order valence-electron chi connectivity index (χ1n) is 11.0. The Labute approximate surface area is 200 Å². The number of rotatable bonds is 3. The van der Waals surface area contributed by atoms with Crippen LogP contribution in [0.1, 0.15) is 26.0 Å². The molecule has 0 aromatic carbocycles. The number of nitrogens with one attached hydrogen (secondary N) is 1. The van der Waals surface area contributed by atoms with Crippen molar-refractivity contribution >= 4 is 17.2 Å². The Hall–Kier alpha value is -3.55. The molecule has 5 heterocycles. The third-order valence-corrected chi connectivity index (χ3v) is 6.17. The quantitative estimate of drug-likeness (QED) is 0.536. The van der Waals surface area contributed by atoms with E-state index in [0.29, 0.717) is 18.1 Å². The van der Waals surface area contributed by atoms with Gasteiger partial charge in [-0.15, -0.1) is 0 Å². The second-order valence-corrected chi connectivity index (χ2v) is 8.71. The van der Waals surface area contributed by atoms with Crippen molar-refractivity contribution in [3.63, 3.8) is 0 Å². The van der Waals surface area contributed by atoms with E-state index in [2.05, 4.69) is 30.2 Å². The van der Waals surface area contributed by atoms with Gasteiger partial charge in [0.15, 0.2) is 17.2 Å². The van der Waals surface area contributed by atoms with Crippen molar-refractivity contribution in [3.8, 4) is 11.5 Å². The monoisotopic (exact) mass is 510 g/mol. The van der Waals surface area contributed by atoms with Gasteiger partial charge in [-0.25, -0.2) is 19.9 Å². The second kappa shape index (κ2) is 8.54. The zero-order chi connectivity index (χ0) is 25.8. The van der Waals surface area contributed by atoms with E-state index in [-0.39, 0.29) is 35.7 Å². The van der Waals surface area contributed by atoms with Crippen LogP contribution in [0.2, 0.25) is 0 Å². The van der Waals surface area contributed by atoms with E-state index in [1.54, 1.807) is 6.07 Å². The first-order valence-corrected chi connectivity index (χ1v) is 11.0. The summed E-state index contributed by atoms with van der Waals surface area (Å²) >= 11 is 0. The maximum atomic E-state index is 13.2. The highest BCUT2D eigenvalue weighted by Crippen LogP contribution is 2.32. The maximum absolute atomic E-state index is 13.2. The number of fused-ring (bicyclic) bond motifs is 1. The molecule has 1 N–H and O–H groups in total. The molecule has 0 aliphatic carbocycles. The number of hydrogen-bond acceptors (Lipinski definition) is 7. The average molecular weight is 510 g/mol. The van der Waals surface area contributed by atoms with Gasteiger partial charge in [-0.3, -0.25) is 9.39 Å². The topological polar surface area (TPSA) is 83.6 Å². The van der Waals surface area contributed by atoms with E-state index in [4.69, 9.17) is 0 Å². The summed E-state index contributed by atoms with van der Waals surface area (Å²) in [7, 11) is 0. The van der Waals surface area contributed by atoms with Gasteiger partial charge in [0.2, 0.25) is 0 Å². The highest BCUT2D eigenvalue weighted by molar-refractivity contribution is 5.93. The summed E-state index contributed by atoms with van der Waals surface area (Å²) in [5, 5.41) is 3.31. The molecule has 36 heavy (non-hydrogen) atoms. The maximum Gasteiger partial charge on any atom is 0.434 e. The Morgan fingerprint density at radius 3 is 2.47 bits per heavy atom. The van der Waals surface area contributed by atoms with Crippen LogP contribution in [0.15, 0.2) is 47.6 Å². The van der Waals surface area contributed by atoms with Crippen molar-refractivity contribution in [1.82, 2.24) is 29.7 Å². The van der Waals surface area contributed by atoms with E-state index >= 15 is 0 Å². The van der Waals surface area contributed by atoms with Gasteiger partial charge >= 0.3 is 12.4 Å². The number of hydrogen-bond donors (Lipinski definition) is 1. The zero-order valence-corrected chi connectivity index (χ0v) is 19.0. The first kappa shape index (κ1) is 24.2.